The zero-order chi connectivity index (χ0) is 20.0. The van der Waals surface area contributed by atoms with Crippen molar-refractivity contribution in [2.24, 2.45) is 5.10 Å². The minimum absolute atomic E-state index is 0.0928. The number of benzene rings is 2. The van der Waals surface area contributed by atoms with Crippen molar-refractivity contribution in [3.63, 3.8) is 0 Å². The van der Waals surface area contributed by atoms with Crippen LogP contribution >= 0.6 is 14.7 Å². The number of rotatable bonds is 8. The molecule has 0 aromatic heterocycles. The summed E-state index contributed by atoms with van der Waals surface area (Å²) in [5.41, 5.74) is 0.965. The summed E-state index contributed by atoms with van der Waals surface area (Å²) in [5.74, 6) is -0.709. The fourth-order valence-corrected chi connectivity index (χ4v) is 3.43. The van der Waals surface area contributed by atoms with Crippen LogP contribution in [0.25, 0.3) is 0 Å². The van der Waals surface area contributed by atoms with Crippen LogP contribution in [-0.4, -0.2) is 40.0 Å². The van der Waals surface area contributed by atoms with Gasteiger partial charge >= 0.3 is 14.7 Å². The molecule has 3 N–H and O–H groups in total. The molecule has 2 aromatic rings. The van der Waals surface area contributed by atoms with Crippen LogP contribution in [0.5, 0.6) is 11.5 Å². The third-order valence-electron chi connectivity index (χ3n) is 3.41. The molecule has 0 aliphatic heterocycles. The first-order valence-corrected chi connectivity index (χ1v) is 11.5. The molecule has 8 nitrogen and oxygen atoms in total. The van der Waals surface area contributed by atoms with Crippen LogP contribution < -0.4 is 9.26 Å². The molecule has 2 unspecified atom stereocenters. The van der Waals surface area contributed by atoms with Gasteiger partial charge in [-0.2, -0.15) is 0 Å². The maximum absolute atomic E-state index is 11.1. The van der Waals surface area contributed by atoms with E-state index in [1.807, 2.05) is 24.3 Å². The van der Waals surface area contributed by atoms with E-state index in [1.165, 1.54) is 29.0 Å². The Morgan fingerprint density at radius 1 is 1.15 bits per heavy atom. The van der Waals surface area contributed by atoms with E-state index in [-0.39, 0.29) is 5.56 Å². The molecule has 0 saturated carbocycles. The maximum Gasteiger partial charge on any atom is 0.540 e. The fraction of sp³-hybridized carbons (Fsp3) is 0.188. The second-order valence-corrected chi connectivity index (χ2v) is 9.21. The van der Waals surface area contributed by atoms with E-state index in [0.717, 1.165) is 11.3 Å². The summed E-state index contributed by atoms with van der Waals surface area (Å²) >= 11 is 5.30. The average Bonchev–Trinajstić information content (AvgIpc) is 2.65. The van der Waals surface area contributed by atoms with E-state index in [1.54, 1.807) is 20.4 Å². The highest BCUT2D eigenvalue weighted by Gasteiger charge is 2.28. The van der Waals surface area contributed by atoms with E-state index < -0.39 is 20.5 Å². The molecular weight excluding hydrogens is 410 g/mol. The minimum Gasteiger partial charge on any atom is -0.497 e. The van der Waals surface area contributed by atoms with Crippen molar-refractivity contribution in [1.82, 2.24) is 4.78 Å². The van der Waals surface area contributed by atoms with E-state index in [4.69, 9.17) is 30.9 Å². The van der Waals surface area contributed by atoms with E-state index in [2.05, 4.69) is 5.10 Å². The Morgan fingerprint density at radius 3 is 2.22 bits per heavy atom. The second-order valence-electron chi connectivity index (χ2n) is 5.37. The summed E-state index contributed by atoms with van der Waals surface area (Å²) in [6.45, 7) is 0. The van der Waals surface area contributed by atoms with Gasteiger partial charge in [-0.15, -0.1) is 5.10 Å². The predicted octanol–water partition coefficient (Wildman–Crippen LogP) is 2.98. The molecule has 0 spiro atoms. The first kappa shape index (κ1) is 21.4. The van der Waals surface area contributed by atoms with Crippen molar-refractivity contribution in [3.05, 3.63) is 59.7 Å². The lowest BCUT2D eigenvalue weighted by Crippen LogP contribution is -2.04. The van der Waals surface area contributed by atoms with Crippen molar-refractivity contribution in [1.29, 1.82) is 0 Å². The summed E-state index contributed by atoms with van der Waals surface area (Å²) < 4.78 is 23.3. The molecular formula is C16H19N2O6P2S+. The van der Waals surface area contributed by atoms with Gasteiger partial charge in [0.25, 0.3) is 0 Å². The fourth-order valence-electron chi connectivity index (χ4n) is 1.93. The molecule has 2 rings (SSSR count). The molecule has 0 fully saturated rings. The van der Waals surface area contributed by atoms with Crippen LogP contribution in [0, 0.1) is 0 Å². The average molecular weight is 429 g/mol. The van der Waals surface area contributed by atoms with Gasteiger partial charge in [-0.05, 0) is 47.5 Å². The predicted molar refractivity (Wildman–Crippen MR) is 107 cm³/mol. The third kappa shape index (κ3) is 6.36. The van der Waals surface area contributed by atoms with E-state index in [9.17, 15) is 9.67 Å². The van der Waals surface area contributed by atoms with Gasteiger partial charge in [-0.25, -0.2) is 0 Å². The van der Waals surface area contributed by atoms with Gasteiger partial charge in [0, 0.05) is 0 Å². The van der Waals surface area contributed by atoms with Gasteiger partial charge in [-0.1, -0.05) is 16.9 Å². The Balaban J connectivity index is 1.97. The standard InChI is InChI=1S/C16H18N2O6P2S/c1-18(17-11-12-3-7-14(23-2)8-4-12)25(27)24-15-9-5-13(6-10-15)16(19)26(20,21)22/h3-11,16,19H,1-2H3,(H-,20,21,22)/p+1/b17-11-. The van der Waals surface area contributed by atoms with Crippen molar-refractivity contribution in [2.75, 3.05) is 14.2 Å². The van der Waals surface area contributed by atoms with Crippen LogP contribution in [-0.2, 0) is 16.4 Å². The molecule has 0 aliphatic rings. The SMILES string of the molecule is COc1ccc(/C=N\N(C)[P+](=S)Oc2ccc(C(O)P(=O)(O)O)cc2)cc1. The summed E-state index contributed by atoms with van der Waals surface area (Å²) in [6, 6.07) is 13.1. The van der Waals surface area contributed by atoms with Crippen LogP contribution in [0.15, 0.2) is 53.6 Å². The quantitative estimate of drug-likeness (QED) is 0.334. The van der Waals surface area contributed by atoms with Crippen molar-refractivity contribution < 1.29 is 28.7 Å². The van der Waals surface area contributed by atoms with E-state index in [0.29, 0.717) is 5.75 Å². The molecule has 0 radical (unpaired) electrons. The van der Waals surface area contributed by atoms with Gasteiger partial charge in [-0.3, -0.25) is 9.09 Å². The minimum atomic E-state index is -4.62. The molecule has 2 aromatic carbocycles. The lowest BCUT2D eigenvalue weighted by atomic mass is 10.2. The number of hydrazone groups is 1. The van der Waals surface area contributed by atoms with Crippen molar-refractivity contribution >= 4 is 32.7 Å². The maximum atomic E-state index is 11.1. The molecule has 0 aliphatic carbocycles. The van der Waals surface area contributed by atoms with Crippen LogP contribution in [0.4, 0.5) is 0 Å². The number of hydrogen-bond donors (Lipinski definition) is 3. The Hall–Kier alpha value is -1.86. The Labute approximate surface area is 162 Å². The zero-order valence-electron chi connectivity index (χ0n) is 14.5. The largest absolute Gasteiger partial charge is 0.540 e. The summed E-state index contributed by atoms with van der Waals surface area (Å²) in [7, 11) is -2.83. The molecule has 0 amide bonds. The second kappa shape index (κ2) is 9.37. The zero-order valence-corrected chi connectivity index (χ0v) is 17.1. The molecule has 0 bridgehead atoms. The number of nitrogens with zero attached hydrogens (tertiary/aromatic N) is 2. The van der Waals surface area contributed by atoms with Crippen molar-refractivity contribution in [2.45, 2.75) is 5.85 Å². The van der Waals surface area contributed by atoms with E-state index >= 15 is 0 Å². The summed E-state index contributed by atoms with van der Waals surface area (Å²) in [4.78, 5) is 18.0. The van der Waals surface area contributed by atoms with Gasteiger partial charge in [0.2, 0.25) is 11.8 Å². The Morgan fingerprint density at radius 2 is 1.70 bits per heavy atom. The van der Waals surface area contributed by atoms with Gasteiger partial charge in [0.1, 0.15) is 5.75 Å². The number of aliphatic hydroxyl groups is 1. The Bertz CT molecular complexity index is 854. The van der Waals surface area contributed by atoms with Gasteiger partial charge in [0.05, 0.1) is 20.4 Å². The highest BCUT2D eigenvalue weighted by molar-refractivity contribution is 8.02. The Kier molecular flexibility index (Phi) is 7.44. The summed E-state index contributed by atoms with van der Waals surface area (Å²) in [5, 5.41) is 13.8. The number of hydrogen-bond acceptors (Lipinski definition) is 6. The van der Waals surface area contributed by atoms with Crippen LogP contribution in [0.1, 0.15) is 17.0 Å². The van der Waals surface area contributed by atoms with Gasteiger partial charge < -0.3 is 19.6 Å². The van der Waals surface area contributed by atoms with Crippen molar-refractivity contribution in [3.8, 4) is 11.5 Å². The molecule has 11 heteroatoms. The normalized spacial score (nSPS) is 13.3. The van der Waals surface area contributed by atoms with Gasteiger partial charge in [0.15, 0.2) is 11.6 Å². The monoisotopic (exact) mass is 429 g/mol. The molecule has 2 atom stereocenters. The third-order valence-corrected chi connectivity index (χ3v) is 6.22. The molecule has 0 heterocycles. The topological polar surface area (TPSA) is 112 Å². The van der Waals surface area contributed by atoms with Crippen LogP contribution in [0.3, 0.4) is 0 Å². The first-order chi connectivity index (χ1) is 12.7. The number of ether oxygens (including phenoxy) is 1. The summed E-state index contributed by atoms with van der Waals surface area (Å²) in [6.07, 6.45) is 1.64. The highest BCUT2D eigenvalue weighted by atomic mass is 32.4. The molecule has 0 saturated heterocycles. The molecule has 27 heavy (non-hydrogen) atoms. The first-order valence-electron chi connectivity index (χ1n) is 7.61. The number of methoxy groups -OCH3 is 1. The number of aliphatic hydroxyl groups excluding tert-OH is 1. The lowest BCUT2D eigenvalue weighted by molar-refractivity contribution is 0.205. The highest BCUT2D eigenvalue weighted by Crippen LogP contribution is 2.49. The smallest absolute Gasteiger partial charge is 0.497 e. The van der Waals surface area contributed by atoms with Crippen LogP contribution in [0.2, 0.25) is 0 Å². The lowest BCUT2D eigenvalue weighted by Gasteiger charge is -2.12. The molecule has 144 valence electrons.